The SMILES string of the molecule is NCCC(N)Cc1ccc(Cl)nc1. The summed E-state index contributed by atoms with van der Waals surface area (Å²) >= 11 is 5.65. The van der Waals surface area contributed by atoms with Gasteiger partial charge in [-0.25, -0.2) is 4.98 Å². The lowest BCUT2D eigenvalue weighted by Crippen LogP contribution is -2.26. The summed E-state index contributed by atoms with van der Waals surface area (Å²) in [7, 11) is 0. The van der Waals surface area contributed by atoms with Gasteiger partial charge in [0.1, 0.15) is 5.15 Å². The van der Waals surface area contributed by atoms with E-state index in [1.54, 1.807) is 12.3 Å². The van der Waals surface area contributed by atoms with Crippen LogP contribution in [0.3, 0.4) is 0 Å². The number of hydrogen-bond donors (Lipinski definition) is 2. The van der Waals surface area contributed by atoms with Crippen molar-refractivity contribution in [3.63, 3.8) is 0 Å². The lowest BCUT2D eigenvalue weighted by atomic mass is 10.1. The minimum atomic E-state index is 0.118. The molecule has 1 aromatic rings. The van der Waals surface area contributed by atoms with Crippen LogP contribution in [-0.2, 0) is 6.42 Å². The number of hydrogen-bond acceptors (Lipinski definition) is 3. The Morgan fingerprint density at radius 3 is 2.77 bits per heavy atom. The fraction of sp³-hybridized carbons (Fsp3) is 0.444. The lowest BCUT2D eigenvalue weighted by Gasteiger charge is -2.09. The van der Waals surface area contributed by atoms with Gasteiger partial charge in [0.05, 0.1) is 0 Å². The average Bonchev–Trinajstić information content (AvgIpc) is 2.09. The second kappa shape index (κ2) is 5.17. The molecule has 0 saturated carbocycles. The minimum absolute atomic E-state index is 0.118. The summed E-state index contributed by atoms with van der Waals surface area (Å²) in [5.41, 5.74) is 12.3. The van der Waals surface area contributed by atoms with Crippen LogP contribution in [0, 0.1) is 0 Å². The normalized spacial score (nSPS) is 12.8. The molecule has 4 N–H and O–H groups in total. The molecule has 1 heterocycles. The van der Waals surface area contributed by atoms with Crippen LogP contribution >= 0.6 is 11.6 Å². The first-order valence-electron chi connectivity index (χ1n) is 4.28. The summed E-state index contributed by atoms with van der Waals surface area (Å²) in [6.45, 7) is 0.627. The van der Waals surface area contributed by atoms with E-state index >= 15 is 0 Å². The van der Waals surface area contributed by atoms with E-state index in [1.165, 1.54) is 0 Å². The van der Waals surface area contributed by atoms with Crippen LogP contribution in [0.1, 0.15) is 12.0 Å². The highest BCUT2D eigenvalue weighted by atomic mass is 35.5. The Morgan fingerprint density at radius 1 is 1.46 bits per heavy atom. The standard InChI is InChI=1S/C9H14ClN3/c10-9-2-1-7(6-13-9)5-8(12)3-4-11/h1-2,6,8H,3-5,11-12H2. The van der Waals surface area contributed by atoms with Crippen LogP contribution in [0.15, 0.2) is 18.3 Å². The van der Waals surface area contributed by atoms with Gasteiger partial charge in [0, 0.05) is 12.2 Å². The van der Waals surface area contributed by atoms with Gasteiger partial charge < -0.3 is 11.5 Å². The molecular formula is C9H14ClN3. The van der Waals surface area contributed by atoms with E-state index in [-0.39, 0.29) is 6.04 Å². The maximum absolute atomic E-state index is 5.81. The second-order valence-corrected chi connectivity index (χ2v) is 3.42. The Bertz CT molecular complexity index is 248. The largest absolute Gasteiger partial charge is 0.330 e. The molecule has 1 unspecified atom stereocenters. The smallest absolute Gasteiger partial charge is 0.129 e. The van der Waals surface area contributed by atoms with Gasteiger partial charge in [-0.3, -0.25) is 0 Å². The molecule has 0 radical (unpaired) electrons. The predicted molar refractivity (Wildman–Crippen MR) is 54.6 cm³/mol. The van der Waals surface area contributed by atoms with Crippen molar-refractivity contribution in [3.8, 4) is 0 Å². The van der Waals surface area contributed by atoms with E-state index < -0.39 is 0 Å². The van der Waals surface area contributed by atoms with Crippen LogP contribution in [-0.4, -0.2) is 17.6 Å². The maximum Gasteiger partial charge on any atom is 0.129 e. The van der Waals surface area contributed by atoms with Gasteiger partial charge in [-0.1, -0.05) is 17.7 Å². The molecule has 0 aliphatic rings. The molecule has 0 spiro atoms. The average molecular weight is 200 g/mol. The van der Waals surface area contributed by atoms with E-state index in [4.69, 9.17) is 23.1 Å². The molecule has 0 bridgehead atoms. The predicted octanol–water partition coefficient (Wildman–Crippen LogP) is 0.954. The molecule has 13 heavy (non-hydrogen) atoms. The molecule has 1 atom stereocenters. The number of nitrogens with zero attached hydrogens (tertiary/aromatic N) is 1. The lowest BCUT2D eigenvalue weighted by molar-refractivity contribution is 0.618. The van der Waals surface area contributed by atoms with E-state index in [0.29, 0.717) is 11.7 Å². The molecule has 1 aromatic heterocycles. The molecule has 4 heteroatoms. The van der Waals surface area contributed by atoms with Gasteiger partial charge in [0.15, 0.2) is 0 Å². The quantitative estimate of drug-likeness (QED) is 0.710. The molecule has 0 aromatic carbocycles. The Hall–Kier alpha value is -0.640. The summed E-state index contributed by atoms with van der Waals surface area (Å²) in [6, 6.07) is 3.82. The Balaban J connectivity index is 2.49. The number of nitrogens with two attached hydrogens (primary N) is 2. The summed E-state index contributed by atoms with van der Waals surface area (Å²) in [6.07, 6.45) is 3.39. The highest BCUT2D eigenvalue weighted by Gasteiger charge is 2.02. The zero-order valence-electron chi connectivity index (χ0n) is 7.41. The fourth-order valence-corrected chi connectivity index (χ4v) is 1.26. The van der Waals surface area contributed by atoms with Gasteiger partial charge in [-0.15, -0.1) is 0 Å². The summed E-state index contributed by atoms with van der Waals surface area (Å²) < 4.78 is 0. The maximum atomic E-state index is 5.81. The minimum Gasteiger partial charge on any atom is -0.330 e. The van der Waals surface area contributed by atoms with Gasteiger partial charge in [-0.2, -0.15) is 0 Å². The van der Waals surface area contributed by atoms with Gasteiger partial charge in [-0.05, 0) is 31.0 Å². The number of aromatic nitrogens is 1. The zero-order valence-corrected chi connectivity index (χ0v) is 8.17. The second-order valence-electron chi connectivity index (χ2n) is 3.03. The number of pyridine rings is 1. The summed E-state index contributed by atoms with van der Waals surface area (Å²) in [5, 5.41) is 0.510. The van der Waals surface area contributed by atoms with Crippen molar-refractivity contribution in [1.82, 2.24) is 4.98 Å². The van der Waals surface area contributed by atoms with Crippen LogP contribution in [0.4, 0.5) is 0 Å². The highest BCUT2D eigenvalue weighted by Crippen LogP contribution is 2.07. The van der Waals surface area contributed by atoms with Crippen LogP contribution in [0.2, 0.25) is 5.15 Å². The van der Waals surface area contributed by atoms with Crippen LogP contribution in [0.5, 0.6) is 0 Å². The third kappa shape index (κ3) is 3.72. The van der Waals surface area contributed by atoms with Crippen molar-refractivity contribution < 1.29 is 0 Å². The number of halogens is 1. The van der Waals surface area contributed by atoms with Crippen molar-refractivity contribution >= 4 is 11.6 Å². The molecule has 0 aliphatic heterocycles. The van der Waals surface area contributed by atoms with Crippen molar-refractivity contribution in [1.29, 1.82) is 0 Å². The molecule has 0 fully saturated rings. The van der Waals surface area contributed by atoms with Gasteiger partial charge >= 0.3 is 0 Å². The Labute approximate surface area is 83.1 Å². The first kappa shape index (κ1) is 10.4. The Morgan fingerprint density at radius 2 is 2.23 bits per heavy atom. The Kier molecular flexibility index (Phi) is 4.15. The van der Waals surface area contributed by atoms with Gasteiger partial charge in [0.2, 0.25) is 0 Å². The molecule has 3 nitrogen and oxygen atoms in total. The molecule has 0 aliphatic carbocycles. The highest BCUT2D eigenvalue weighted by molar-refractivity contribution is 6.29. The number of rotatable bonds is 4. The van der Waals surface area contributed by atoms with Crippen LogP contribution in [0.25, 0.3) is 0 Å². The third-order valence-electron chi connectivity index (χ3n) is 1.82. The van der Waals surface area contributed by atoms with Crippen molar-refractivity contribution in [3.05, 3.63) is 29.0 Å². The first-order valence-corrected chi connectivity index (χ1v) is 4.66. The van der Waals surface area contributed by atoms with E-state index in [9.17, 15) is 0 Å². The molecule has 72 valence electrons. The molecule has 1 rings (SSSR count). The molecule has 0 saturated heterocycles. The van der Waals surface area contributed by atoms with Crippen molar-refractivity contribution in [2.75, 3.05) is 6.54 Å². The fourth-order valence-electron chi connectivity index (χ4n) is 1.15. The van der Waals surface area contributed by atoms with Gasteiger partial charge in [0.25, 0.3) is 0 Å². The zero-order chi connectivity index (χ0) is 9.68. The first-order chi connectivity index (χ1) is 6.22. The monoisotopic (exact) mass is 199 g/mol. The van der Waals surface area contributed by atoms with E-state index in [0.717, 1.165) is 18.4 Å². The molecular weight excluding hydrogens is 186 g/mol. The van der Waals surface area contributed by atoms with Crippen molar-refractivity contribution in [2.24, 2.45) is 11.5 Å². The third-order valence-corrected chi connectivity index (χ3v) is 2.05. The van der Waals surface area contributed by atoms with Crippen molar-refractivity contribution in [2.45, 2.75) is 18.9 Å². The topological polar surface area (TPSA) is 64.9 Å². The van der Waals surface area contributed by atoms with E-state index in [1.807, 2.05) is 6.07 Å². The summed E-state index contributed by atoms with van der Waals surface area (Å²) in [4.78, 5) is 3.97. The summed E-state index contributed by atoms with van der Waals surface area (Å²) in [5.74, 6) is 0. The van der Waals surface area contributed by atoms with E-state index in [2.05, 4.69) is 4.98 Å². The van der Waals surface area contributed by atoms with Crippen LogP contribution < -0.4 is 11.5 Å². The molecule has 0 amide bonds.